The van der Waals surface area contributed by atoms with E-state index in [0.29, 0.717) is 0 Å². The highest BCUT2D eigenvalue weighted by atomic mass is 35.5. The third kappa shape index (κ3) is 1.45. The number of halogens is 1. The lowest BCUT2D eigenvalue weighted by atomic mass is 10.1. The number of hydrogen-bond donors (Lipinski definition) is 0. The lowest BCUT2D eigenvalue weighted by molar-refractivity contribution is 0.934. The lowest BCUT2D eigenvalue weighted by Gasteiger charge is -2.03. The van der Waals surface area contributed by atoms with Crippen LogP contribution in [-0.4, -0.2) is 15.8 Å². The Hall–Kier alpha value is -1.18. The first-order valence-electron chi connectivity index (χ1n) is 4.00. The van der Waals surface area contributed by atoms with Gasteiger partial charge in [0, 0.05) is 5.88 Å². The number of fused-ring (bicyclic) bond motifs is 1. The second-order valence-electron chi connectivity index (χ2n) is 2.73. The minimum absolute atomic E-state index is 0.264. The van der Waals surface area contributed by atoms with Gasteiger partial charge in [-0.25, -0.2) is 9.97 Å². The second-order valence-corrected chi connectivity index (χ2v) is 3.95. The fourth-order valence-corrected chi connectivity index (χ4v) is 2.33. The first-order chi connectivity index (χ1) is 6.86. The van der Waals surface area contributed by atoms with Crippen molar-refractivity contribution in [2.45, 2.75) is 5.92 Å². The number of hydrogen-bond acceptors (Lipinski definition) is 4. The number of nitriles is 1. The van der Waals surface area contributed by atoms with Gasteiger partial charge in [0.2, 0.25) is 0 Å². The molecular formula is C9H6ClN3S. The Labute approximate surface area is 90.0 Å². The van der Waals surface area contributed by atoms with E-state index in [0.717, 1.165) is 15.9 Å². The van der Waals surface area contributed by atoms with E-state index in [1.54, 1.807) is 0 Å². The molecule has 0 amide bonds. The van der Waals surface area contributed by atoms with Crippen LogP contribution in [0.15, 0.2) is 17.8 Å². The molecule has 0 saturated heterocycles. The monoisotopic (exact) mass is 223 g/mol. The Morgan fingerprint density at radius 1 is 1.57 bits per heavy atom. The number of nitrogens with zero attached hydrogens (tertiary/aromatic N) is 3. The van der Waals surface area contributed by atoms with E-state index in [1.165, 1.54) is 17.7 Å². The Morgan fingerprint density at radius 3 is 3.14 bits per heavy atom. The highest BCUT2D eigenvalue weighted by molar-refractivity contribution is 7.17. The molecule has 0 aliphatic rings. The summed E-state index contributed by atoms with van der Waals surface area (Å²) in [6.07, 6.45) is 1.47. The minimum Gasteiger partial charge on any atom is -0.238 e. The van der Waals surface area contributed by atoms with Crippen LogP contribution in [0.25, 0.3) is 10.2 Å². The topological polar surface area (TPSA) is 49.6 Å². The van der Waals surface area contributed by atoms with Crippen molar-refractivity contribution >= 4 is 33.2 Å². The van der Waals surface area contributed by atoms with Crippen molar-refractivity contribution in [2.75, 3.05) is 5.88 Å². The maximum Gasteiger partial charge on any atom is 0.116 e. The van der Waals surface area contributed by atoms with Crippen LogP contribution in [-0.2, 0) is 0 Å². The molecule has 0 radical (unpaired) electrons. The van der Waals surface area contributed by atoms with Gasteiger partial charge in [-0.1, -0.05) is 0 Å². The first kappa shape index (κ1) is 9.38. The summed E-state index contributed by atoms with van der Waals surface area (Å²) in [7, 11) is 0. The molecular weight excluding hydrogens is 218 g/mol. The molecule has 14 heavy (non-hydrogen) atoms. The average molecular weight is 224 g/mol. The number of thiophene rings is 1. The van der Waals surface area contributed by atoms with Crippen molar-refractivity contribution in [1.82, 2.24) is 9.97 Å². The fraction of sp³-hybridized carbons (Fsp3) is 0.222. The van der Waals surface area contributed by atoms with Crippen LogP contribution >= 0.6 is 22.9 Å². The van der Waals surface area contributed by atoms with Gasteiger partial charge in [-0.3, -0.25) is 0 Å². The average Bonchev–Trinajstić information content (AvgIpc) is 2.68. The molecule has 2 aromatic rings. The molecule has 5 heteroatoms. The second kappa shape index (κ2) is 3.91. The predicted molar refractivity (Wildman–Crippen MR) is 56.5 cm³/mol. The van der Waals surface area contributed by atoms with Gasteiger partial charge in [-0.15, -0.1) is 22.9 Å². The van der Waals surface area contributed by atoms with Crippen LogP contribution in [0.5, 0.6) is 0 Å². The Bertz CT molecular complexity index is 488. The maximum atomic E-state index is 8.89. The van der Waals surface area contributed by atoms with E-state index >= 15 is 0 Å². The molecule has 1 atom stereocenters. The summed E-state index contributed by atoms with van der Waals surface area (Å²) in [4.78, 5) is 8.21. The van der Waals surface area contributed by atoms with Gasteiger partial charge in [0.1, 0.15) is 12.2 Å². The fourth-order valence-electron chi connectivity index (χ4n) is 1.22. The van der Waals surface area contributed by atoms with E-state index in [9.17, 15) is 0 Å². The van der Waals surface area contributed by atoms with Crippen LogP contribution in [0.3, 0.4) is 0 Å². The van der Waals surface area contributed by atoms with Gasteiger partial charge in [0.15, 0.2) is 0 Å². The molecule has 3 nitrogen and oxygen atoms in total. The van der Waals surface area contributed by atoms with E-state index < -0.39 is 0 Å². The number of aromatic nitrogens is 2. The standard InChI is InChI=1S/C9H6ClN3S/c10-3-6(4-11)8-9-7(1-2-14-9)12-5-13-8/h1-2,5-6H,3H2. The molecule has 0 spiro atoms. The summed E-state index contributed by atoms with van der Waals surface area (Å²) in [5.41, 5.74) is 1.62. The van der Waals surface area contributed by atoms with E-state index in [4.69, 9.17) is 16.9 Å². The summed E-state index contributed by atoms with van der Waals surface area (Å²) in [6.45, 7) is 0. The smallest absolute Gasteiger partial charge is 0.116 e. The molecule has 0 saturated carbocycles. The zero-order valence-electron chi connectivity index (χ0n) is 7.14. The van der Waals surface area contributed by atoms with Crippen LogP contribution in [0, 0.1) is 11.3 Å². The quantitative estimate of drug-likeness (QED) is 0.736. The number of rotatable bonds is 2. The van der Waals surface area contributed by atoms with Crippen molar-refractivity contribution < 1.29 is 0 Å². The lowest BCUT2D eigenvalue weighted by Crippen LogP contribution is -2.00. The van der Waals surface area contributed by atoms with Gasteiger partial charge in [-0.2, -0.15) is 5.26 Å². The molecule has 0 aromatic carbocycles. The van der Waals surface area contributed by atoms with Gasteiger partial charge in [0.05, 0.1) is 22.0 Å². The van der Waals surface area contributed by atoms with Crippen molar-refractivity contribution in [2.24, 2.45) is 0 Å². The van der Waals surface area contributed by atoms with Crippen molar-refractivity contribution in [1.29, 1.82) is 5.26 Å². The van der Waals surface area contributed by atoms with Crippen molar-refractivity contribution in [3.63, 3.8) is 0 Å². The third-order valence-corrected chi connectivity index (χ3v) is 3.15. The third-order valence-electron chi connectivity index (χ3n) is 1.91. The molecule has 2 heterocycles. The molecule has 2 rings (SSSR count). The summed E-state index contributed by atoms with van der Waals surface area (Å²) < 4.78 is 0.958. The van der Waals surface area contributed by atoms with Crippen molar-refractivity contribution in [3.05, 3.63) is 23.5 Å². The van der Waals surface area contributed by atoms with E-state index in [-0.39, 0.29) is 11.8 Å². The molecule has 70 valence electrons. The van der Waals surface area contributed by atoms with Crippen LogP contribution in [0.1, 0.15) is 11.6 Å². The van der Waals surface area contributed by atoms with Gasteiger partial charge < -0.3 is 0 Å². The minimum atomic E-state index is -0.346. The zero-order chi connectivity index (χ0) is 9.97. The number of alkyl halides is 1. The maximum absolute atomic E-state index is 8.89. The molecule has 0 bridgehead atoms. The van der Waals surface area contributed by atoms with Gasteiger partial charge >= 0.3 is 0 Å². The van der Waals surface area contributed by atoms with E-state index in [2.05, 4.69) is 16.0 Å². The first-order valence-corrected chi connectivity index (χ1v) is 5.42. The highest BCUT2D eigenvalue weighted by Crippen LogP contribution is 2.26. The van der Waals surface area contributed by atoms with Crippen LogP contribution in [0.2, 0.25) is 0 Å². The molecule has 0 N–H and O–H groups in total. The van der Waals surface area contributed by atoms with Crippen LogP contribution < -0.4 is 0 Å². The van der Waals surface area contributed by atoms with Gasteiger partial charge in [0.25, 0.3) is 0 Å². The summed E-state index contributed by atoms with van der Waals surface area (Å²) in [5.74, 6) is -0.0821. The SMILES string of the molecule is N#CC(CCl)c1ncnc2ccsc12. The molecule has 0 aliphatic carbocycles. The molecule has 1 unspecified atom stereocenters. The Morgan fingerprint density at radius 2 is 2.43 bits per heavy atom. The largest absolute Gasteiger partial charge is 0.238 e. The normalized spacial score (nSPS) is 12.6. The zero-order valence-corrected chi connectivity index (χ0v) is 8.72. The Kier molecular flexibility index (Phi) is 2.62. The molecule has 0 fully saturated rings. The van der Waals surface area contributed by atoms with Crippen molar-refractivity contribution in [3.8, 4) is 6.07 Å². The summed E-state index contributed by atoms with van der Waals surface area (Å²) in [5, 5.41) is 10.8. The highest BCUT2D eigenvalue weighted by Gasteiger charge is 2.15. The molecule has 0 aliphatic heterocycles. The molecule has 2 aromatic heterocycles. The van der Waals surface area contributed by atoms with E-state index in [1.807, 2.05) is 11.4 Å². The Balaban J connectivity index is 2.62. The van der Waals surface area contributed by atoms with Crippen LogP contribution in [0.4, 0.5) is 0 Å². The summed E-state index contributed by atoms with van der Waals surface area (Å²) >= 11 is 7.23. The predicted octanol–water partition coefficient (Wildman–Crippen LogP) is 2.54. The van der Waals surface area contributed by atoms with Gasteiger partial charge in [-0.05, 0) is 11.4 Å². The summed E-state index contributed by atoms with van der Waals surface area (Å²) in [6, 6.07) is 4.04.